The first kappa shape index (κ1) is 12.0. The van der Waals surface area contributed by atoms with Gasteiger partial charge < -0.3 is 14.6 Å². The van der Waals surface area contributed by atoms with Gasteiger partial charge in [0.25, 0.3) is 0 Å². The summed E-state index contributed by atoms with van der Waals surface area (Å²) in [7, 11) is 1.76. The van der Waals surface area contributed by atoms with Crippen LogP contribution in [-0.2, 0) is 4.74 Å². The van der Waals surface area contributed by atoms with Gasteiger partial charge in [-0.2, -0.15) is 0 Å². The quantitative estimate of drug-likeness (QED) is 0.623. The van der Waals surface area contributed by atoms with E-state index < -0.39 is 5.60 Å². The number of amides is 1. The molecule has 0 radical (unpaired) electrons. The Kier molecular flexibility index (Phi) is 3.72. The largest absolute Gasteiger partial charge is 0.444 e. The molecule has 0 N–H and O–H groups in total. The summed E-state index contributed by atoms with van der Waals surface area (Å²) < 4.78 is 5.29. The Balaban J connectivity index is 2.43. The van der Waals surface area contributed by atoms with Crippen LogP contribution in [0.4, 0.5) is 4.79 Å². The zero-order valence-electron chi connectivity index (χ0n) is 9.99. The fourth-order valence-electron chi connectivity index (χ4n) is 1.61. The van der Waals surface area contributed by atoms with Crippen LogP contribution in [0.25, 0.3) is 0 Å². The number of hydrogen-bond acceptors (Lipinski definition) is 3. The zero-order chi connectivity index (χ0) is 11.5. The van der Waals surface area contributed by atoms with E-state index in [0.717, 1.165) is 19.5 Å². The molecule has 1 amide bonds. The molecule has 0 unspecified atom stereocenters. The Morgan fingerprint density at radius 1 is 1.53 bits per heavy atom. The molecule has 1 heterocycles. The molecule has 0 aromatic rings. The van der Waals surface area contributed by atoms with E-state index in [4.69, 9.17) is 4.74 Å². The van der Waals surface area contributed by atoms with Gasteiger partial charge in [0, 0.05) is 32.3 Å². The molecule has 4 nitrogen and oxygen atoms in total. The molecule has 1 saturated heterocycles. The summed E-state index contributed by atoms with van der Waals surface area (Å²) >= 11 is 0. The zero-order valence-corrected chi connectivity index (χ0v) is 9.99. The van der Waals surface area contributed by atoms with Gasteiger partial charge in [0.1, 0.15) is 5.60 Å². The average molecular weight is 212 g/mol. The van der Waals surface area contributed by atoms with Crippen LogP contribution < -0.4 is 0 Å². The highest BCUT2D eigenvalue weighted by atomic mass is 16.6. The van der Waals surface area contributed by atoms with E-state index in [-0.39, 0.29) is 6.09 Å². The topological polar surface area (TPSA) is 41.9 Å². The number of likely N-dealkylation sites (tertiary alicyclic amines) is 1. The van der Waals surface area contributed by atoms with Crippen molar-refractivity contribution >= 4 is 12.3 Å². The lowest BCUT2D eigenvalue weighted by Crippen LogP contribution is -2.35. The van der Waals surface area contributed by atoms with Gasteiger partial charge in [0.15, 0.2) is 0 Å². The Hall–Kier alpha value is -1.06. The second-order valence-corrected chi connectivity index (χ2v) is 4.88. The second kappa shape index (κ2) is 4.64. The Bertz CT molecular complexity index is 256. The minimum Gasteiger partial charge on any atom is -0.444 e. The summed E-state index contributed by atoms with van der Waals surface area (Å²) in [5.41, 5.74) is -0.409. The number of hydrogen-bond donors (Lipinski definition) is 0. The predicted molar refractivity (Wildman–Crippen MR) is 60.3 cm³/mol. The molecule has 0 bridgehead atoms. The molecular formula is C11H20N2O2. The summed E-state index contributed by atoms with van der Waals surface area (Å²) in [6.45, 7) is 7.14. The molecule has 0 aromatic carbocycles. The fourth-order valence-corrected chi connectivity index (χ4v) is 1.61. The molecular weight excluding hydrogens is 192 g/mol. The molecule has 1 atom stereocenters. The molecule has 4 heteroatoms. The van der Waals surface area contributed by atoms with Crippen LogP contribution in [0.1, 0.15) is 27.2 Å². The maximum atomic E-state index is 11.7. The Morgan fingerprint density at radius 3 is 2.73 bits per heavy atom. The van der Waals surface area contributed by atoms with E-state index in [1.807, 2.05) is 27.0 Å². The molecule has 1 aliphatic rings. The lowest BCUT2D eigenvalue weighted by atomic mass is 10.1. The molecule has 1 fully saturated rings. The summed E-state index contributed by atoms with van der Waals surface area (Å²) in [6, 6.07) is 0. The Morgan fingerprint density at radius 2 is 2.20 bits per heavy atom. The van der Waals surface area contributed by atoms with Crippen molar-refractivity contribution in [1.82, 2.24) is 4.90 Å². The van der Waals surface area contributed by atoms with Crippen molar-refractivity contribution in [1.29, 1.82) is 0 Å². The minimum absolute atomic E-state index is 0.213. The monoisotopic (exact) mass is 212 g/mol. The number of carbonyl (C=O) groups is 1. The number of rotatable bonds is 1. The molecule has 15 heavy (non-hydrogen) atoms. The summed E-state index contributed by atoms with van der Waals surface area (Å²) in [4.78, 5) is 17.4. The SMILES string of the molecule is CN=C[C@@H]1CCN(C(=O)OC(C)(C)C)C1. The number of carbonyl (C=O) groups excluding carboxylic acids is 1. The summed E-state index contributed by atoms with van der Waals surface area (Å²) in [5, 5.41) is 0. The summed E-state index contributed by atoms with van der Waals surface area (Å²) in [6.07, 6.45) is 2.68. The smallest absolute Gasteiger partial charge is 0.410 e. The lowest BCUT2D eigenvalue weighted by molar-refractivity contribution is 0.0292. The van der Waals surface area contributed by atoms with Crippen molar-refractivity contribution in [2.45, 2.75) is 32.8 Å². The second-order valence-electron chi connectivity index (χ2n) is 4.88. The third-order valence-electron chi connectivity index (χ3n) is 2.24. The van der Waals surface area contributed by atoms with Crippen molar-refractivity contribution in [3.05, 3.63) is 0 Å². The average Bonchev–Trinajstić information content (AvgIpc) is 2.50. The van der Waals surface area contributed by atoms with Gasteiger partial charge in [-0.1, -0.05) is 0 Å². The fraction of sp³-hybridized carbons (Fsp3) is 0.818. The maximum absolute atomic E-state index is 11.7. The summed E-state index contributed by atoms with van der Waals surface area (Å²) in [5.74, 6) is 0.391. The van der Waals surface area contributed by atoms with Crippen molar-refractivity contribution < 1.29 is 9.53 Å². The van der Waals surface area contributed by atoms with Crippen LogP contribution in [0.5, 0.6) is 0 Å². The highest BCUT2D eigenvalue weighted by molar-refractivity contribution is 5.70. The van der Waals surface area contributed by atoms with Crippen LogP contribution in [0, 0.1) is 5.92 Å². The van der Waals surface area contributed by atoms with Crippen molar-refractivity contribution in [2.24, 2.45) is 10.9 Å². The van der Waals surface area contributed by atoms with Gasteiger partial charge in [0.2, 0.25) is 0 Å². The highest BCUT2D eigenvalue weighted by Crippen LogP contribution is 2.18. The van der Waals surface area contributed by atoms with Crippen molar-refractivity contribution in [2.75, 3.05) is 20.1 Å². The Labute approximate surface area is 91.3 Å². The minimum atomic E-state index is -0.409. The van der Waals surface area contributed by atoms with E-state index in [1.165, 1.54) is 0 Å². The first-order valence-corrected chi connectivity index (χ1v) is 5.32. The van der Waals surface area contributed by atoms with E-state index >= 15 is 0 Å². The standard InChI is InChI=1S/C11H20N2O2/c1-11(2,3)15-10(14)13-6-5-9(8-13)7-12-4/h7,9H,5-6,8H2,1-4H3/t9-/m0/s1. The first-order valence-electron chi connectivity index (χ1n) is 5.32. The van der Waals surface area contributed by atoms with E-state index in [0.29, 0.717) is 5.92 Å². The van der Waals surface area contributed by atoms with Gasteiger partial charge in [0.05, 0.1) is 0 Å². The van der Waals surface area contributed by atoms with Crippen molar-refractivity contribution in [3.8, 4) is 0 Å². The number of aliphatic imine (C=N–C) groups is 1. The van der Waals surface area contributed by atoms with E-state index in [1.54, 1.807) is 11.9 Å². The van der Waals surface area contributed by atoms with Crippen LogP contribution in [0.3, 0.4) is 0 Å². The van der Waals surface area contributed by atoms with E-state index in [9.17, 15) is 4.79 Å². The van der Waals surface area contributed by atoms with Crippen LogP contribution in [-0.4, -0.2) is 42.9 Å². The number of nitrogens with zero attached hydrogens (tertiary/aromatic N) is 2. The van der Waals surface area contributed by atoms with Gasteiger partial charge in [-0.05, 0) is 27.2 Å². The maximum Gasteiger partial charge on any atom is 0.410 e. The number of ether oxygens (including phenoxy) is 1. The molecule has 86 valence electrons. The first-order chi connectivity index (χ1) is 6.92. The molecule has 1 aliphatic heterocycles. The van der Waals surface area contributed by atoms with Crippen LogP contribution in [0.2, 0.25) is 0 Å². The van der Waals surface area contributed by atoms with Crippen molar-refractivity contribution in [3.63, 3.8) is 0 Å². The highest BCUT2D eigenvalue weighted by Gasteiger charge is 2.28. The molecule has 0 aromatic heterocycles. The van der Waals surface area contributed by atoms with Gasteiger partial charge in [-0.15, -0.1) is 0 Å². The van der Waals surface area contributed by atoms with Crippen LogP contribution >= 0.6 is 0 Å². The third kappa shape index (κ3) is 3.90. The van der Waals surface area contributed by atoms with E-state index in [2.05, 4.69) is 4.99 Å². The van der Waals surface area contributed by atoms with Crippen LogP contribution in [0.15, 0.2) is 4.99 Å². The molecule has 0 saturated carbocycles. The molecule has 1 rings (SSSR count). The third-order valence-corrected chi connectivity index (χ3v) is 2.24. The molecule has 0 spiro atoms. The predicted octanol–water partition coefficient (Wildman–Crippen LogP) is 1.94. The van der Waals surface area contributed by atoms with Gasteiger partial charge in [-0.25, -0.2) is 4.79 Å². The molecule has 0 aliphatic carbocycles. The lowest BCUT2D eigenvalue weighted by Gasteiger charge is -2.24. The van der Waals surface area contributed by atoms with Gasteiger partial charge in [-0.3, -0.25) is 0 Å². The normalized spacial score (nSPS) is 22.4. The van der Waals surface area contributed by atoms with Gasteiger partial charge >= 0.3 is 6.09 Å².